The van der Waals surface area contributed by atoms with Gasteiger partial charge in [0.25, 0.3) is 0 Å². The second-order valence-corrected chi connectivity index (χ2v) is 5.57. The summed E-state index contributed by atoms with van der Waals surface area (Å²) in [4.78, 5) is 16.2. The van der Waals surface area contributed by atoms with Crippen LogP contribution in [-0.4, -0.2) is 35.7 Å². The maximum atomic E-state index is 11.9. The molecular weight excluding hydrogens is 254 g/mol. The highest BCUT2D eigenvalue weighted by molar-refractivity contribution is 5.94. The van der Waals surface area contributed by atoms with E-state index >= 15 is 0 Å². The van der Waals surface area contributed by atoms with E-state index in [-0.39, 0.29) is 5.97 Å². The van der Waals surface area contributed by atoms with Gasteiger partial charge in [-0.2, -0.15) is 0 Å². The quantitative estimate of drug-likeness (QED) is 0.822. The molecule has 2 N–H and O–H groups in total. The fourth-order valence-corrected chi connectivity index (χ4v) is 3.26. The number of fused-ring (bicyclic) bond motifs is 2. The number of piperidine rings is 1. The first-order chi connectivity index (χ1) is 9.76. The average Bonchev–Trinajstić information content (AvgIpc) is 2.79. The number of esters is 1. The van der Waals surface area contributed by atoms with Crippen LogP contribution in [0.2, 0.25) is 0 Å². The molecule has 2 aliphatic heterocycles. The summed E-state index contributed by atoms with van der Waals surface area (Å²) in [5, 5.41) is 7.05. The van der Waals surface area contributed by atoms with Crippen molar-refractivity contribution in [1.82, 2.24) is 10.3 Å². The number of carbonyl (C=O) groups is 1. The fraction of sp³-hybridized carbons (Fsp3) is 0.600. The molecule has 1 aromatic rings. The Labute approximate surface area is 119 Å². The summed E-state index contributed by atoms with van der Waals surface area (Å²) >= 11 is 0. The number of rotatable bonds is 4. The second-order valence-electron chi connectivity index (χ2n) is 5.57. The van der Waals surface area contributed by atoms with Gasteiger partial charge in [0.15, 0.2) is 0 Å². The summed E-state index contributed by atoms with van der Waals surface area (Å²) < 4.78 is 5.08. The van der Waals surface area contributed by atoms with Gasteiger partial charge in [0, 0.05) is 24.3 Å². The van der Waals surface area contributed by atoms with Crippen LogP contribution in [0.1, 0.15) is 43.0 Å². The van der Waals surface area contributed by atoms with E-state index in [9.17, 15) is 4.79 Å². The number of hydrogen-bond acceptors (Lipinski definition) is 5. The van der Waals surface area contributed by atoms with Crippen LogP contribution in [0.4, 0.5) is 5.82 Å². The lowest BCUT2D eigenvalue weighted by Gasteiger charge is -2.30. The number of carbonyl (C=O) groups excluding carboxylic acids is 1. The van der Waals surface area contributed by atoms with Crippen molar-refractivity contribution in [2.75, 3.05) is 11.9 Å². The van der Waals surface area contributed by atoms with Crippen LogP contribution in [0.3, 0.4) is 0 Å². The van der Waals surface area contributed by atoms with Crippen LogP contribution in [0.25, 0.3) is 0 Å². The topological polar surface area (TPSA) is 63.2 Å². The molecule has 20 heavy (non-hydrogen) atoms. The van der Waals surface area contributed by atoms with Crippen LogP contribution in [0.15, 0.2) is 18.3 Å². The smallest absolute Gasteiger partial charge is 0.341 e. The maximum absolute atomic E-state index is 11.9. The summed E-state index contributed by atoms with van der Waals surface area (Å²) in [7, 11) is 0. The van der Waals surface area contributed by atoms with E-state index in [2.05, 4.69) is 15.6 Å². The zero-order valence-electron chi connectivity index (χ0n) is 11.8. The Hall–Kier alpha value is -1.62. The average molecular weight is 275 g/mol. The molecule has 0 aliphatic carbocycles. The molecule has 2 atom stereocenters. The van der Waals surface area contributed by atoms with Crippen molar-refractivity contribution in [2.45, 2.75) is 50.7 Å². The Kier molecular flexibility index (Phi) is 3.87. The van der Waals surface area contributed by atoms with E-state index in [1.807, 2.05) is 6.92 Å². The molecule has 1 aromatic heterocycles. The first-order valence-electron chi connectivity index (χ1n) is 7.41. The predicted molar refractivity (Wildman–Crippen MR) is 76.8 cm³/mol. The lowest BCUT2D eigenvalue weighted by Crippen LogP contribution is -2.43. The van der Waals surface area contributed by atoms with Crippen molar-refractivity contribution in [2.24, 2.45) is 0 Å². The van der Waals surface area contributed by atoms with Crippen LogP contribution in [0, 0.1) is 0 Å². The van der Waals surface area contributed by atoms with Gasteiger partial charge in [0.2, 0.25) is 0 Å². The predicted octanol–water partition coefficient (Wildman–Crippen LogP) is 1.95. The largest absolute Gasteiger partial charge is 0.462 e. The molecule has 0 amide bonds. The van der Waals surface area contributed by atoms with E-state index in [1.165, 1.54) is 12.8 Å². The van der Waals surface area contributed by atoms with Crippen molar-refractivity contribution >= 4 is 11.8 Å². The van der Waals surface area contributed by atoms with Gasteiger partial charge in [0.1, 0.15) is 11.4 Å². The SMILES string of the molecule is CCOC(=O)c1cccnc1NC1CC2CCC(C1)N2. The van der Waals surface area contributed by atoms with E-state index in [0.717, 1.165) is 12.8 Å². The monoisotopic (exact) mass is 275 g/mol. The van der Waals surface area contributed by atoms with Crippen molar-refractivity contribution in [3.63, 3.8) is 0 Å². The van der Waals surface area contributed by atoms with Crippen molar-refractivity contribution < 1.29 is 9.53 Å². The Morgan fingerprint density at radius 2 is 2.20 bits per heavy atom. The Morgan fingerprint density at radius 3 is 2.90 bits per heavy atom. The molecule has 0 radical (unpaired) electrons. The second kappa shape index (κ2) is 5.79. The van der Waals surface area contributed by atoms with Gasteiger partial charge in [0.05, 0.1) is 6.61 Å². The van der Waals surface area contributed by atoms with Gasteiger partial charge in [-0.1, -0.05) is 0 Å². The summed E-state index contributed by atoms with van der Waals surface area (Å²) in [6.07, 6.45) is 6.41. The number of nitrogens with zero attached hydrogens (tertiary/aromatic N) is 1. The maximum Gasteiger partial charge on any atom is 0.341 e. The Balaban J connectivity index is 1.72. The lowest BCUT2D eigenvalue weighted by atomic mass is 9.99. The molecule has 5 heteroatoms. The van der Waals surface area contributed by atoms with E-state index < -0.39 is 0 Å². The minimum atomic E-state index is -0.306. The third kappa shape index (κ3) is 2.77. The summed E-state index contributed by atoms with van der Waals surface area (Å²) in [5.41, 5.74) is 0.528. The normalized spacial score (nSPS) is 28.1. The van der Waals surface area contributed by atoms with E-state index in [0.29, 0.717) is 36.1 Å². The van der Waals surface area contributed by atoms with Gasteiger partial charge < -0.3 is 15.4 Å². The third-order valence-electron chi connectivity index (χ3n) is 4.12. The van der Waals surface area contributed by atoms with Crippen molar-refractivity contribution in [3.8, 4) is 0 Å². The molecule has 2 bridgehead atoms. The molecule has 108 valence electrons. The molecule has 2 aliphatic rings. The van der Waals surface area contributed by atoms with Crippen LogP contribution < -0.4 is 10.6 Å². The lowest BCUT2D eigenvalue weighted by molar-refractivity contribution is 0.0527. The molecular formula is C15H21N3O2. The van der Waals surface area contributed by atoms with Crippen molar-refractivity contribution in [3.05, 3.63) is 23.9 Å². The highest BCUT2D eigenvalue weighted by Gasteiger charge is 2.33. The summed E-state index contributed by atoms with van der Waals surface area (Å²) in [6.45, 7) is 2.19. The van der Waals surface area contributed by atoms with Gasteiger partial charge in [-0.25, -0.2) is 9.78 Å². The molecule has 0 saturated carbocycles. The molecule has 0 spiro atoms. The van der Waals surface area contributed by atoms with Crippen LogP contribution in [-0.2, 0) is 4.74 Å². The van der Waals surface area contributed by atoms with Crippen LogP contribution >= 0.6 is 0 Å². The summed E-state index contributed by atoms with van der Waals surface area (Å²) in [6, 6.07) is 5.14. The van der Waals surface area contributed by atoms with E-state index in [4.69, 9.17) is 4.74 Å². The highest BCUT2D eigenvalue weighted by atomic mass is 16.5. The molecule has 3 heterocycles. The number of aromatic nitrogens is 1. The first-order valence-corrected chi connectivity index (χ1v) is 7.41. The molecule has 3 rings (SSSR count). The number of anilines is 1. The molecule has 0 aromatic carbocycles. The minimum absolute atomic E-state index is 0.306. The molecule has 5 nitrogen and oxygen atoms in total. The number of pyridine rings is 1. The van der Waals surface area contributed by atoms with E-state index in [1.54, 1.807) is 18.3 Å². The standard InChI is InChI=1S/C15H21N3O2/c1-2-20-15(19)13-4-3-7-16-14(13)18-12-8-10-5-6-11(9-12)17-10/h3-4,7,10-12,17H,2,5-6,8-9H2,1H3,(H,16,18). The zero-order chi connectivity index (χ0) is 13.9. The van der Waals surface area contributed by atoms with Crippen molar-refractivity contribution in [1.29, 1.82) is 0 Å². The van der Waals surface area contributed by atoms with Gasteiger partial charge in [-0.05, 0) is 44.7 Å². The molecule has 2 fully saturated rings. The Morgan fingerprint density at radius 1 is 1.45 bits per heavy atom. The number of ether oxygens (including phenoxy) is 1. The van der Waals surface area contributed by atoms with Gasteiger partial charge in [-0.3, -0.25) is 0 Å². The fourth-order valence-electron chi connectivity index (χ4n) is 3.26. The number of hydrogen-bond donors (Lipinski definition) is 2. The first kappa shape index (κ1) is 13.4. The van der Waals surface area contributed by atoms with Gasteiger partial charge >= 0.3 is 5.97 Å². The molecule has 2 saturated heterocycles. The van der Waals surface area contributed by atoms with Gasteiger partial charge in [-0.15, -0.1) is 0 Å². The third-order valence-corrected chi connectivity index (χ3v) is 4.12. The number of nitrogens with one attached hydrogen (secondary N) is 2. The molecule has 2 unspecified atom stereocenters. The van der Waals surface area contributed by atoms with Crippen LogP contribution in [0.5, 0.6) is 0 Å². The zero-order valence-corrected chi connectivity index (χ0v) is 11.8. The minimum Gasteiger partial charge on any atom is -0.462 e. The Bertz CT molecular complexity index is 480. The highest BCUT2D eigenvalue weighted by Crippen LogP contribution is 2.29. The summed E-state index contributed by atoms with van der Waals surface area (Å²) in [5.74, 6) is 0.345.